The number of phenolic OH excluding ortho intramolecular Hbond substituents is 1. The van der Waals surface area contributed by atoms with E-state index in [1.165, 1.54) is 0 Å². The summed E-state index contributed by atoms with van der Waals surface area (Å²) in [5.41, 5.74) is 2.19. The Morgan fingerprint density at radius 2 is 1.05 bits per heavy atom. The summed E-state index contributed by atoms with van der Waals surface area (Å²) in [5, 5.41) is 12.1. The van der Waals surface area contributed by atoms with Crippen molar-refractivity contribution < 1.29 is 80.6 Å². The topological polar surface area (TPSA) is 176 Å². The molecule has 2 spiro atoms. The zero-order chi connectivity index (χ0) is 55.9. The molecule has 4 aromatic carbocycles. The third-order valence-corrected chi connectivity index (χ3v) is 17.8. The van der Waals surface area contributed by atoms with Crippen molar-refractivity contribution in [3.63, 3.8) is 0 Å². The van der Waals surface area contributed by atoms with Gasteiger partial charge in [-0.05, 0) is 129 Å². The van der Waals surface area contributed by atoms with Gasteiger partial charge >= 0.3 is 12.1 Å². The molecule has 79 heavy (non-hydrogen) atoms. The van der Waals surface area contributed by atoms with E-state index in [0.29, 0.717) is 55.6 Å². The molecule has 2 aliphatic carbocycles. The van der Waals surface area contributed by atoms with Crippen molar-refractivity contribution in [1.29, 1.82) is 0 Å². The number of Topliss-reactive ketones (excluding diaryl/α,β-unsaturated/α-hetero) is 1. The first kappa shape index (κ1) is 56.8. The summed E-state index contributed by atoms with van der Waals surface area (Å²) >= 11 is 0. The Kier molecular flexibility index (Phi) is 16.4. The van der Waals surface area contributed by atoms with E-state index in [-0.39, 0.29) is 41.1 Å². The third-order valence-electron chi connectivity index (χ3n) is 17.8. The third kappa shape index (κ3) is 11.9. The van der Waals surface area contributed by atoms with E-state index < -0.39 is 66.0 Å². The minimum Gasteiger partial charge on any atom is -0.508 e. The maximum Gasteiger partial charge on any atom is 0.491 e. The molecule has 1 amide bonds. The summed E-state index contributed by atoms with van der Waals surface area (Å²) in [6.07, 6.45) is -0.179. The van der Waals surface area contributed by atoms with Gasteiger partial charge in [0.05, 0.1) is 6.42 Å². The van der Waals surface area contributed by atoms with Crippen LogP contribution in [0.25, 0.3) is 0 Å². The predicted octanol–water partition coefficient (Wildman–Crippen LogP) is 11.5. The molecule has 10 fully saturated rings. The van der Waals surface area contributed by atoms with Crippen LogP contribution in [0.4, 0.5) is 18.9 Å². The Labute approximate surface area is 458 Å². The molecule has 18 heteroatoms. The smallest absolute Gasteiger partial charge is 0.491 e. The Balaban J connectivity index is 0.000000143. The van der Waals surface area contributed by atoms with Crippen LogP contribution in [0.1, 0.15) is 110 Å². The van der Waals surface area contributed by atoms with Crippen LogP contribution in [0.2, 0.25) is 0 Å². The summed E-state index contributed by atoms with van der Waals surface area (Å²) in [5.74, 6) is -2.11. The highest BCUT2D eigenvalue weighted by molar-refractivity contribution is 5.92. The molecule has 1 unspecified atom stereocenters. The van der Waals surface area contributed by atoms with E-state index in [0.717, 1.165) is 60.9 Å². The van der Waals surface area contributed by atoms with E-state index in [2.05, 4.69) is 30.8 Å². The predicted molar refractivity (Wildman–Crippen MR) is 279 cm³/mol. The number of nitrogens with one attached hydrogen (secondary N) is 1. The maximum atomic E-state index is 12.6. The molecule has 0 radical (unpaired) electrons. The lowest BCUT2D eigenvalue weighted by Gasteiger charge is -2.60. The van der Waals surface area contributed by atoms with Crippen molar-refractivity contribution in [2.75, 3.05) is 5.32 Å². The Hall–Kier alpha value is -5.44. The molecule has 2 saturated carbocycles. The number of rotatable bonds is 10. The molecular formula is C61H72F3NO14. The van der Waals surface area contributed by atoms with Crippen LogP contribution in [0.15, 0.2) is 109 Å². The first-order valence-electron chi connectivity index (χ1n) is 27.8. The van der Waals surface area contributed by atoms with Gasteiger partial charge in [0.2, 0.25) is 30.1 Å². The first-order valence-corrected chi connectivity index (χ1v) is 27.8. The molecule has 8 aliphatic heterocycles. The van der Waals surface area contributed by atoms with Crippen LogP contribution in [0.5, 0.6) is 11.5 Å². The lowest BCUT2D eigenvalue weighted by molar-refractivity contribution is -0.576. The second-order valence-corrected chi connectivity index (χ2v) is 23.3. The van der Waals surface area contributed by atoms with Gasteiger partial charge in [0, 0.05) is 55.0 Å². The zero-order valence-corrected chi connectivity index (χ0v) is 45.5. The van der Waals surface area contributed by atoms with Crippen molar-refractivity contribution in [3.8, 4) is 11.5 Å². The second kappa shape index (κ2) is 22.8. The Morgan fingerprint density at radius 1 is 0.582 bits per heavy atom. The number of anilines is 1. The molecule has 0 aromatic heterocycles. The number of alkyl halides is 3. The average molecular weight is 1100 g/mol. The van der Waals surface area contributed by atoms with Gasteiger partial charge < -0.3 is 38.8 Å². The number of carbonyl (C=O) groups excluding carboxylic acids is 3. The van der Waals surface area contributed by atoms with Crippen LogP contribution in [-0.4, -0.2) is 76.9 Å². The summed E-state index contributed by atoms with van der Waals surface area (Å²) in [6, 6.07) is 33.6. The van der Waals surface area contributed by atoms with E-state index in [1.807, 2.05) is 91.9 Å². The van der Waals surface area contributed by atoms with Crippen molar-refractivity contribution in [3.05, 3.63) is 126 Å². The zero-order valence-electron chi connectivity index (χ0n) is 45.5. The molecule has 14 rings (SSSR count). The number of para-hydroxylation sites is 1. The van der Waals surface area contributed by atoms with E-state index >= 15 is 0 Å². The fourth-order valence-corrected chi connectivity index (χ4v) is 13.6. The highest BCUT2D eigenvalue weighted by atomic mass is 19.4. The van der Waals surface area contributed by atoms with Crippen LogP contribution >= 0.6 is 0 Å². The minimum absolute atomic E-state index is 0.0539. The number of hydrogen-bond donors (Lipinski definition) is 2. The Morgan fingerprint density at radius 3 is 1.58 bits per heavy atom. The van der Waals surface area contributed by atoms with Gasteiger partial charge in [0.1, 0.15) is 17.3 Å². The monoisotopic (exact) mass is 1100 g/mol. The van der Waals surface area contributed by atoms with Crippen molar-refractivity contribution in [2.45, 2.75) is 166 Å². The molecule has 4 aromatic rings. The molecule has 16 atom stereocenters. The average Bonchev–Trinajstić information content (AvgIpc) is 3.00. The van der Waals surface area contributed by atoms with Crippen molar-refractivity contribution in [1.82, 2.24) is 0 Å². The molecule has 8 saturated heterocycles. The number of ether oxygens (including phenoxy) is 6. The van der Waals surface area contributed by atoms with Gasteiger partial charge in [-0.15, -0.1) is 0 Å². The number of carbonyl (C=O) groups is 3. The molecule has 10 aliphatic rings. The summed E-state index contributed by atoms with van der Waals surface area (Å²) < 4.78 is 73.6. The molecular weight excluding hydrogens is 1030 g/mol. The first-order chi connectivity index (χ1) is 37.7. The fraction of sp³-hybridized carbons (Fsp3) is 0.557. The standard InChI is InChI=1S/C29H35NO6.C17H23F3O6.C15H14O2/c1-18-9-14-24-19(2)26(33-27-29(24)23(18)15-16-28(3,34-27)35-36-29)32-22-12-10-20(11-13-22)17-25(31)30-21-7-5-4-6-8-21;1-8-4-5-11-9(2)12(22-13(21)17(18,19)20)23-14-16(11)10(8)6-7-15(3,24-14)25-26-16;16-14-8-6-13(7-9-14)11-15(17)10-12-4-2-1-3-5-12/h4-8,10-13,18-19,23-24,26-27H,9,14-17H2,1-3H3,(H,30,31);8-12,14H,4-7H2,1-3H3;1-9,16H,10-11H2/t18-,19-,23-,24+,26+,27-,28+,29-;8-,9-,10-,11+,12?,14-,15+,16-;/m11./s1. The lowest BCUT2D eigenvalue weighted by Crippen LogP contribution is -2.70. The lowest BCUT2D eigenvalue weighted by atomic mass is 9.58. The van der Waals surface area contributed by atoms with Gasteiger partial charge in [-0.3, -0.25) is 9.59 Å². The SMILES string of the molecule is C[C@@H]1CC[C@H]2[C@@H](C)C(OC(=O)C(F)(F)F)O[C@@H]3O[C@]4(C)CC[C@H]1[C@]32OO4.C[C@H]1[C@@H](Oc2ccc(CC(=O)Nc3ccccc3)cc2)O[C@@H]2O[C@]3(C)CC[C@@H]4[C@H](C)CC[C@@H]1[C@@]24OO3.O=C(Cc1ccccc1)Cc1ccc(O)cc1. The molecule has 8 heterocycles. The van der Waals surface area contributed by atoms with Crippen molar-refractivity contribution >= 4 is 23.3 Å². The van der Waals surface area contributed by atoms with Crippen LogP contribution in [0, 0.1) is 47.3 Å². The van der Waals surface area contributed by atoms with Crippen LogP contribution < -0.4 is 10.1 Å². The van der Waals surface area contributed by atoms with Crippen LogP contribution in [0.3, 0.4) is 0 Å². The largest absolute Gasteiger partial charge is 0.508 e. The van der Waals surface area contributed by atoms with Crippen molar-refractivity contribution in [2.24, 2.45) is 47.3 Å². The number of halogens is 3. The summed E-state index contributed by atoms with van der Waals surface area (Å²) in [7, 11) is 0. The second-order valence-electron chi connectivity index (χ2n) is 23.3. The molecule has 426 valence electrons. The minimum atomic E-state index is -5.07. The van der Waals surface area contributed by atoms with Gasteiger partial charge in [-0.25, -0.2) is 24.3 Å². The van der Waals surface area contributed by atoms with E-state index in [1.54, 1.807) is 38.1 Å². The number of amides is 1. The fourth-order valence-electron chi connectivity index (χ4n) is 13.6. The number of esters is 1. The highest BCUT2D eigenvalue weighted by Crippen LogP contribution is 2.62. The number of aromatic hydroxyl groups is 1. The van der Waals surface area contributed by atoms with Gasteiger partial charge in [-0.2, -0.15) is 13.2 Å². The summed E-state index contributed by atoms with van der Waals surface area (Å²) in [4.78, 5) is 59.1. The Bertz CT molecular complexity index is 2760. The number of ketones is 1. The number of hydrogen-bond acceptors (Lipinski definition) is 14. The van der Waals surface area contributed by atoms with Gasteiger partial charge in [-0.1, -0.05) is 100 Å². The summed E-state index contributed by atoms with van der Waals surface area (Å²) in [6.45, 7) is 12.0. The van der Waals surface area contributed by atoms with Crippen LogP contribution in [-0.2, 0) is 76.9 Å². The quantitative estimate of drug-likeness (QED) is 0.113. The van der Waals surface area contributed by atoms with Gasteiger partial charge in [0.25, 0.3) is 0 Å². The normalized spacial score (nSPS) is 36.7. The highest BCUT2D eigenvalue weighted by Gasteiger charge is 2.71. The molecule has 2 N–H and O–H groups in total. The molecule has 4 bridgehead atoms. The van der Waals surface area contributed by atoms with Gasteiger partial charge in [0.15, 0.2) is 23.8 Å². The number of fused-ring (bicyclic) bond motifs is 4. The number of phenols is 1. The molecule has 15 nitrogen and oxygen atoms in total. The van der Waals surface area contributed by atoms with E-state index in [9.17, 15) is 27.6 Å². The maximum absolute atomic E-state index is 12.6. The number of benzene rings is 4. The van der Waals surface area contributed by atoms with E-state index in [4.69, 9.17) is 48.3 Å².